The van der Waals surface area contributed by atoms with Gasteiger partial charge in [-0.1, -0.05) is 18.9 Å². The number of nitrogens with one attached hydrogen (secondary N) is 1. The van der Waals surface area contributed by atoms with Gasteiger partial charge in [0.2, 0.25) is 5.91 Å². The Kier molecular flexibility index (Phi) is 4.40. The smallest absolute Gasteiger partial charge is 0.239 e. The molecule has 0 heterocycles. The second-order valence-corrected chi connectivity index (χ2v) is 5.07. The zero-order valence-corrected chi connectivity index (χ0v) is 11.2. The topological polar surface area (TPSA) is 56.1 Å². The maximum absolute atomic E-state index is 11.9. The summed E-state index contributed by atoms with van der Waals surface area (Å²) in [6.45, 7) is 0.325. The second kappa shape index (κ2) is 6.24. The Morgan fingerprint density at radius 2 is 2.21 bits per heavy atom. The average molecular weight is 257 g/mol. The molecule has 0 radical (unpaired) electrons. The Morgan fingerprint density at radius 3 is 2.89 bits per heavy atom. The number of carbonyl (C=O) groups is 1. The van der Waals surface area contributed by atoms with Gasteiger partial charge >= 0.3 is 0 Å². The van der Waals surface area contributed by atoms with Crippen molar-refractivity contribution in [2.24, 2.45) is 0 Å². The van der Waals surface area contributed by atoms with Crippen molar-refractivity contribution in [3.8, 4) is 6.07 Å². The number of carbonyl (C=O) groups excluding carboxylic acids is 1. The molecule has 0 bridgehead atoms. The van der Waals surface area contributed by atoms with Crippen molar-refractivity contribution in [2.75, 3.05) is 18.5 Å². The lowest BCUT2D eigenvalue weighted by molar-refractivity contribution is -0.120. The largest absolute Gasteiger partial charge is 0.365 e. The van der Waals surface area contributed by atoms with Gasteiger partial charge in [0.15, 0.2) is 0 Å². The molecule has 100 valence electrons. The average Bonchev–Trinajstić information content (AvgIpc) is 2.91. The quantitative estimate of drug-likeness (QED) is 0.898. The Balaban J connectivity index is 1.90. The van der Waals surface area contributed by atoms with Gasteiger partial charge in [0.1, 0.15) is 0 Å². The molecule has 1 aliphatic carbocycles. The predicted molar refractivity (Wildman–Crippen MR) is 74.8 cm³/mol. The highest BCUT2D eigenvalue weighted by Gasteiger charge is 2.17. The van der Waals surface area contributed by atoms with Gasteiger partial charge in [-0.15, -0.1) is 0 Å². The fourth-order valence-corrected chi connectivity index (χ4v) is 2.46. The summed E-state index contributed by atoms with van der Waals surface area (Å²) in [5, 5.41) is 11.9. The van der Waals surface area contributed by atoms with E-state index >= 15 is 0 Å². The lowest BCUT2D eigenvalue weighted by Crippen LogP contribution is -2.39. The normalized spacial score (nSPS) is 14.9. The number of amides is 1. The summed E-state index contributed by atoms with van der Waals surface area (Å²) in [6, 6.07) is 9.75. The first-order chi connectivity index (χ1) is 9.19. The highest BCUT2D eigenvalue weighted by Crippen LogP contribution is 2.18. The molecule has 0 aromatic heterocycles. The van der Waals surface area contributed by atoms with E-state index in [0.717, 1.165) is 18.5 Å². The Hall–Kier alpha value is -2.02. The monoisotopic (exact) mass is 257 g/mol. The molecule has 1 aliphatic rings. The molecule has 1 amide bonds. The van der Waals surface area contributed by atoms with E-state index in [1.165, 1.54) is 12.8 Å². The van der Waals surface area contributed by atoms with Crippen LogP contribution < -0.4 is 10.2 Å². The lowest BCUT2D eigenvalue weighted by Gasteiger charge is -2.20. The van der Waals surface area contributed by atoms with E-state index in [-0.39, 0.29) is 5.91 Å². The van der Waals surface area contributed by atoms with Gasteiger partial charge in [-0.2, -0.15) is 5.26 Å². The number of hydrogen-bond donors (Lipinski definition) is 1. The lowest BCUT2D eigenvalue weighted by atomic mass is 10.2. The summed E-state index contributed by atoms with van der Waals surface area (Å²) in [6.07, 6.45) is 4.62. The molecule has 1 aromatic rings. The van der Waals surface area contributed by atoms with E-state index < -0.39 is 0 Å². The van der Waals surface area contributed by atoms with Gasteiger partial charge in [-0.05, 0) is 31.0 Å². The second-order valence-electron chi connectivity index (χ2n) is 5.07. The summed E-state index contributed by atoms with van der Waals surface area (Å²) >= 11 is 0. The molecule has 4 nitrogen and oxygen atoms in total. The van der Waals surface area contributed by atoms with Crippen LogP contribution in [-0.4, -0.2) is 25.5 Å². The van der Waals surface area contributed by atoms with Crippen LogP contribution in [-0.2, 0) is 4.79 Å². The maximum Gasteiger partial charge on any atom is 0.239 e. The number of rotatable bonds is 4. The van der Waals surface area contributed by atoms with Crippen molar-refractivity contribution in [3.63, 3.8) is 0 Å². The minimum atomic E-state index is 0.0526. The molecular formula is C15H19N3O. The third kappa shape index (κ3) is 3.72. The molecule has 1 aromatic carbocycles. The molecule has 2 rings (SSSR count). The van der Waals surface area contributed by atoms with Crippen LogP contribution in [0.5, 0.6) is 0 Å². The number of likely N-dealkylation sites (N-methyl/N-ethyl adjacent to an activating group) is 1. The molecule has 1 N–H and O–H groups in total. The molecule has 0 aliphatic heterocycles. The number of hydrogen-bond acceptors (Lipinski definition) is 3. The molecule has 0 unspecified atom stereocenters. The summed E-state index contributed by atoms with van der Waals surface area (Å²) in [5.41, 5.74) is 1.50. The summed E-state index contributed by atoms with van der Waals surface area (Å²) in [7, 11) is 1.87. The van der Waals surface area contributed by atoms with E-state index in [1.54, 1.807) is 12.1 Å². The molecule has 4 heteroatoms. The molecule has 1 fully saturated rings. The van der Waals surface area contributed by atoms with Crippen LogP contribution in [0, 0.1) is 11.3 Å². The van der Waals surface area contributed by atoms with Gasteiger partial charge in [0.25, 0.3) is 0 Å². The van der Waals surface area contributed by atoms with Crippen molar-refractivity contribution >= 4 is 11.6 Å². The minimum absolute atomic E-state index is 0.0526. The standard InChI is InChI=1S/C15H19N3O/c1-18(14-8-4-5-12(9-14)10-16)11-15(19)17-13-6-2-3-7-13/h4-5,8-9,13H,2-3,6-7,11H2,1H3,(H,17,19). The number of nitriles is 1. The first-order valence-corrected chi connectivity index (χ1v) is 6.69. The SMILES string of the molecule is CN(CC(=O)NC1CCCC1)c1cccc(C#N)c1. The first-order valence-electron chi connectivity index (χ1n) is 6.69. The van der Waals surface area contributed by atoms with Crippen molar-refractivity contribution in [3.05, 3.63) is 29.8 Å². The van der Waals surface area contributed by atoms with Crippen LogP contribution in [0.4, 0.5) is 5.69 Å². The van der Waals surface area contributed by atoms with Gasteiger partial charge in [-0.25, -0.2) is 0 Å². The minimum Gasteiger partial charge on any atom is -0.365 e. The molecule has 0 spiro atoms. The van der Waals surface area contributed by atoms with Crippen molar-refractivity contribution in [1.82, 2.24) is 5.32 Å². The highest BCUT2D eigenvalue weighted by molar-refractivity contribution is 5.81. The number of benzene rings is 1. The Morgan fingerprint density at radius 1 is 1.47 bits per heavy atom. The van der Waals surface area contributed by atoms with E-state index in [9.17, 15) is 4.79 Å². The predicted octanol–water partition coefficient (Wildman–Crippen LogP) is 2.05. The van der Waals surface area contributed by atoms with E-state index in [2.05, 4.69) is 11.4 Å². The highest BCUT2D eigenvalue weighted by atomic mass is 16.2. The zero-order chi connectivity index (χ0) is 13.7. The molecule has 0 atom stereocenters. The fraction of sp³-hybridized carbons (Fsp3) is 0.467. The summed E-state index contributed by atoms with van der Waals surface area (Å²) < 4.78 is 0. The van der Waals surface area contributed by atoms with E-state index in [0.29, 0.717) is 18.2 Å². The van der Waals surface area contributed by atoms with Crippen LogP contribution in [0.1, 0.15) is 31.2 Å². The third-order valence-corrected chi connectivity index (χ3v) is 3.52. The van der Waals surface area contributed by atoms with Gasteiger partial charge in [0.05, 0.1) is 18.2 Å². The van der Waals surface area contributed by atoms with Gasteiger partial charge < -0.3 is 10.2 Å². The third-order valence-electron chi connectivity index (χ3n) is 3.52. The van der Waals surface area contributed by atoms with E-state index in [4.69, 9.17) is 5.26 Å². The maximum atomic E-state index is 11.9. The van der Waals surface area contributed by atoms with Crippen molar-refractivity contribution in [1.29, 1.82) is 5.26 Å². The Bertz CT molecular complexity index is 486. The van der Waals surface area contributed by atoms with Crippen LogP contribution in [0.3, 0.4) is 0 Å². The molecule has 19 heavy (non-hydrogen) atoms. The molecule has 0 saturated heterocycles. The molecule has 1 saturated carbocycles. The zero-order valence-electron chi connectivity index (χ0n) is 11.2. The number of anilines is 1. The summed E-state index contributed by atoms with van der Waals surface area (Å²) in [4.78, 5) is 13.8. The fourth-order valence-electron chi connectivity index (χ4n) is 2.46. The Labute approximate surface area is 114 Å². The number of nitrogens with zero attached hydrogens (tertiary/aromatic N) is 2. The van der Waals surface area contributed by atoms with Gasteiger partial charge in [0, 0.05) is 18.8 Å². The van der Waals surface area contributed by atoms with E-state index in [1.807, 2.05) is 24.1 Å². The summed E-state index contributed by atoms with van der Waals surface area (Å²) in [5.74, 6) is 0.0526. The van der Waals surface area contributed by atoms with Crippen LogP contribution in [0.2, 0.25) is 0 Å². The van der Waals surface area contributed by atoms with Crippen LogP contribution in [0.25, 0.3) is 0 Å². The van der Waals surface area contributed by atoms with Crippen molar-refractivity contribution < 1.29 is 4.79 Å². The first kappa shape index (κ1) is 13.4. The van der Waals surface area contributed by atoms with Crippen LogP contribution in [0.15, 0.2) is 24.3 Å². The van der Waals surface area contributed by atoms with Crippen molar-refractivity contribution in [2.45, 2.75) is 31.7 Å². The van der Waals surface area contributed by atoms with Gasteiger partial charge in [-0.3, -0.25) is 4.79 Å². The molecular weight excluding hydrogens is 238 g/mol. The van der Waals surface area contributed by atoms with Crippen LogP contribution >= 0.6 is 0 Å².